The molecular formula is C20H39N5O2. The number of ether oxygens (including phenoxy) is 1. The second-order valence-corrected chi connectivity index (χ2v) is 7.61. The van der Waals surface area contributed by atoms with Gasteiger partial charge in [-0.05, 0) is 32.6 Å². The normalized spacial score (nSPS) is 20.9. The number of amides is 1. The standard InChI is InChI=1S/C20H39N5O2/c1-3-22-20(23-12-15-27-18-8-6-4-5-7-9-18)24-17-10-13-25(14-11-17)16-19(26)21-2/h17-18H,3-16H2,1-2H3,(H,21,26)(H2,22,23,24). The molecular weight excluding hydrogens is 342 g/mol. The second kappa shape index (κ2) is 12.9. The van der Waals surface area contributed by atoms with Crippen LogP contribution in [0.1, 0.15) is 58.3 Å². The number of likely N-dealkylation sites (tertiary alicyclic amines) is 1. The number of nitrogens with zero attached hydrogens (tertiary/aromatic N) is 2. The molecule has 0 radical (unpaired) electrons. The molecule has 1 aliphatic carbocycles. The highest BCUT2D eigenvalue weighted by atomic mass is 16.5. The molecule has 0 atom stereocenters. The van der Waals surface area contributed by atoms with Gasteiger partial charge in [0.2, 0.25) is 5.91 Å². The van der Waals surface area contributed by atoms with Crippen molar-refractivity contribution in [2.24, 2.45) is 4.99 Å². The van der Waals surface area contributed by atoms with Gasteiger partial charge in [-0.1, -0.05) is 25.7 Å². The third-order valence-corrected chi connectivity index (χ3v) is 5.44. The Balaban J connectivity index is 1.68. The van der Waals surface area contributed by atoms with Crippen LogP contribution < -0.4 is 16.0 Å². The van der Waals surface area contributed by atoms with Crippen molar-refractivity contribution in [3.05, 3.63) is 0 Å². The molecule has 1 heterocycles. The van der Waals surface area contributed by atoms with Crippen LogP contribution in [0.15, 0.2) is 4.99 Å². The Labute approximate surface area is 164 Å². The van der Waals surface area contributed by atoms with Gasteiger partial charge in [-0.15, -0.1) is 0 Å². The number of carbonyl (C=O) groups is 1. The number of carbonyl (C=O) groups excluding carboxylic acids is 1. The summed E-state index contributed by atoms with van der Waals surface area (Å²) >= 11 is 0. The van der Waals surface area contributed by atoms with E-state index in [9.17, 15) is 4.79 Å². The largest absolute Gasteiger partial charge is 0.376 e. The molecule has 0 aromatic heterocycles. The van der Waals surface area contributed by atoms with Gasteiger partial charge in [-0.2, -0.15) is 0 Å². The van der Waals surface area contributed by atoms with E-state index in [4.69, 9.17) is 4.74 Å². The first-order valence-electron chi connectivity index (χ1n) is 10.8. The van der Waals surface area contributed by atoms with Gasteiger partial charge in [0.05, 0.1) is 25.8 Å². The quantitative estimate of drug-likeness (QED) is 0.257. The molecule has 0 unspecified atom stereocenters. The molecule has 1 amide bonds. The van der Waals surface area contributed by atoms with Crippen LogP contribution in [0, 0.1) is 0 Å². The summed E-state index contributed by atoms with van der Waals surface area (Å²) in [7, 11) is 1.69. The number of likely N-dealkylation sites (N-methyl/N-ethyl adjacent to an activating group) is 1. The predicted molar refractivity (Wildman–Crippen MR) is 110 cm³/mol. The number of nitrogens with one attached hydrogen (secondary N) is 3. The van der Waals surface area contributed by atoms with E-state index in [0.717, 1.165) is 38.4 Å². The number of guanidine groups is 1. The summed E-state index contributed by atoms with van der Waals surface area (Å²) in [5.74, 6) is 0.969. The van der Waals surface area contributed by atoms with Crippen molar-refractivity contribution >= 4 is 11.9 Å². The first-order valence-corrected chi connectivity index (χ1v) is 10.8. The first kappa shape index (κ1) is 22.0. The van der Waals surface area contributed by atoms with Crippen molar-refractivity contribution in [3.63, 3.8) is 0 Å². The number of hydrogen-bond acceptors (Lipinski definition) is 4. The van der Waals surface area contributed by atoms with E-state index in [1.54, 1.807) is 7.05 Å². The van der Waals surface area contributed by atoms with E-state index in [1.165, 1.54) is 38.5 Å². The van der Waals surface area contributed by atoms with Crippen molar-refractivity contribution in [2.75, 3.05) is 46.4 Å². The van der Waals surface area contributed by atoms with E-state index in [-0.39, 0.29) is 5.91 Å². The zero-order valence-corrected chi connectivity index (χ0v) is 17.3. The van der Waals surface area contributed by atoms with Crippen LogP contribution in [0.5, 0.6) is 0 Å². The third-order valence-electron chi connectivity index (χ3n) is 5.44. The lowest BCUT2D eigenvalue weighted by Gasteiger charge is -2.32. The summed E-state index contributed by atoms with van der Waals surface area (Å²) in [6.45, 7) is 6.71. The predicted octanol–water partition coefficient (Wildman–Crippen LogP) is 1.49. The molecule has 1 aliphatic heterocycles. The molecule has 3 N–H and O–H groups in total. The molecule has 27 heavy (non-hydrogen) atoms. The molecule has 0 spiro atoms. The Morgan fingerprint density at radius 2 is 1.81 bits per heavy atom. The first-order chi connectivity index (χ1) is 13.2. The number of hydrogen-bond donors (Lipinski definition) is 3. The molecule has 7 nitrogen and oxygen atoms in total. The zero-order valence-electron chi connectivity index (χ0n) is 17.3. The van der Waals surface area contributed by atoms with E-state index in [2.05, 4.69) is 32.8 Å². The molecule has 0 aromatic carbocycles. The number of aliphatic imine (C=N–C) groups is 1. The topological polar surface area (TPSA) is 78.0 Å². The fourth-order valence-electron chi connectivity index (χ4n) is 3.82. The van der Waals surface area contributed by atoms with Crippen LogP contribution in [0.4, 0.5) is 0 Å². The number of rotatable bonds is 8. The summed E-state index contributed by atoms with van der Waals surface area (Å²) in [4.78, 5) is 18.4. The van der Waals surface area contributed by atoms with Crippen molar-refractivity contribution in [2.45, 2.75) is 70.4 Å². The van der Waals surface area contributed by atoms with Gasteiger partial charge >= 0.3 is 0 Å². The molecule has 156 valence electrons. The lowest BCUT2D eigenvalue weighted by molar-refractivity contribution is -0.122. The maximum absolute atomic E-state index is 11.5. The molecule has 1 saturated heterocycles. The Bertz CT molecular complexity index is 442. The molecule has 2 fully saturated rings. The molecule has 2 aliphatic rings. The minimum Gasteiger partial charge on any atom is -0.376 e. The van der Waals surface area contributed by atoms with Gasteiger partial charge < -0.3 is 20.7 Å². The Morgan fingerprint density at radius 1 is 1.11 bits per heavy atom. The molecule has 0 aromatic rings. The molecule has 7 heteroatoms. The molecule has 1 saturated carbocycles. The smallest absolute Gasteiger partial charge is 0.233 e. The monoisotopic (exact) mass is 381 g/mol. The lowest BCUT2D eigenvalue weighted by Crippen LogP contribution is -2.50. The van der Waals surface area contributed by atoms with Crippen molar-refractivity contribution in [1.82, 2.24) is 20.9 Å². The fourth-order valence-corrected chi connectivity index (χ4v) is 3.82. The van der Waals surface area contributed by atoms with E-state index in [1.807, 2.05) is 0 Å². The second-order valence-electron chi connectivity index (χ2n) is 7.61. The Kier molecular flexibility index (Phi) is 10.5. The third kappa shape index (κ3) is 8.93. The van der Waals surface area contributed by atoms with Gasteiger partial charge in [-0.3, -0.25) is 14.7 Å². The van der Waals surface area contributed by atoms with E-state index in [0.29, 0.717) is 31.8 Å². The summed E-state index contributed by atoms with van der Waals surface area (Å²) in [6.07, 6.45) is 10.2. The van der Waals surface area contributed by atoms with E-state index < -0.39 is 0 Å². The fraction of sp³-hybridized carbons (Fsp3) is 0.900. The summed E-state index contributed by atoms with van der Waals surface area (Å²) in [5.41, 5.74) is 0. The lowest BCUT2D eigenvalue weighted by atomic mass is 10.1. The minimum atomic E-state index is 0.0879. The molecule has 0 bridgehead atoms. The van der Waals surface area contributed by atoms with Gasteiger partial charge in [0.15, 0.2) is 5.96 Å². The van der Waals surface area contributed by atoms with Crippen LogP contribution in [0.2, 0.25) is 0 Å². The van der Waals surface area contributed by atoms with Crippen LogP contribution in [0.3, 0.4) is 0 Å². The maximum atomic E-state index is 11.5. The van der Waals surface area contributed by atoms with Crippen molar-refractivity contribution in [1.29, 1.82) is 0 Å². The van der Waals surface area contributed by atoms with Crippen molar-refractivity contribution < 1.29 is 9.53 Å². The van der Waals surface area contributed by atoms with Gasteiger partial charge in [0.25, 0.3) is 0 Å². The highest BCUT2D eigenvalue weighted by molar-refractivity contribution is 5.80. The van der Waals surface area contributed by atoms with Gasteiger partial charge in [0.1, 0.15) is 0 Å². The average molecular weight is 382 g/mol. The average Bonchev–Trinajstić information content (AvgIpc) is 2.95. The van der Waals surface area contributed by atoms with E-state index >= 15 is 0 Å². The highest BCUT2D eigenvalue weighted by Gasteiger charge is 2.21. The number of piperidine rings is 1. The van der Waals surface area contributed by atoms with Crippen molar-refractivity contribution in [3.8, 4) is 0 Å². The summed E-state index contributed by atoms with van der Waals surface area (Å²) < 4.78 is 6.04. The highest BCUT2D eigenvalue weighted by Crippen LogP contribution is 2.19. The zero-order chi connectivity index (χ0) is 19.3. The van der Waals surface area contributed by atoms with Gasteiger partial charge in [0, 0.05) is 32.7 Å². The van der Waals surface area contributed by atoms with Gasteiger partial charge in [-0.25, -0.2) is 0 Å². The Hall–Kier alpha value is -1.34. The van der Waals surface area contributed by atoms with Crippen LogP contribution >= 0.6 is 0 Å². The van der Waals surface area contributed by atoms with Crippen LogP contribution in [-0.2, 0) is 9.53 Å². The maximum Gasteiger partial charge on any atom is 0.233 e. The Morgan fingerprint density at radius 3 is 2.44 bits per heavy atom. The van der Waals surface area contributed by atoms with Crippen LogP contribution in [0.25, 0.3) is 0 Å². The van der Waals surface area contributed by atoms with Crippen LogP contribution in [-0.4, -0.2) is 75.3 Å². The summed E-state index contributed by atoms with van der Waals surface area (Å²) in [5, 5.41) is 9.58. The minimum absolute atomic E-state index is 0.0879. The molecule has 2 rings (SSSR count). The SMILES string of the molecule is CCNC(=NCCOC1CCCCCC1)NC1CCN(CC(=O)NC)CC1. The summed E-state index contributed by atoms with van der Waals surface area (Å²) in [6, 6.07) is 0.409.